The first kappa shape index (κ1) is 10.4. The Morgan fingerprint density at radius 3 is 2.73 bits per heavy atom. The molecular formula is C9H16O2. The largest absolute Gasteiger partial charge is 0.392 e. The van der Waals surface area contributed by atoms with Crippen LogP contribution >= 0.6 is 0 Å². The Balaban J connectivity index is 3.81. The van der Waals surface area contributed by atoms with E-state index in [1.165, 1.54) is 0 Å². The Bertz CT molecular complexity index is 148. The van der Waals surface area contributed by atoms with Gasteiger partial charge in [-0.1, -0.05) is 23.8 Å². The lowest BCUT2D eigenvalue weighted by molar-refractivity contribution is 0.156. The number of rotatable bonds is 4. The molecule has 11 heavy (non-hydrogen) atoms. The average Bonchev–Trinajstić information content (AvgIpc) is 2.01. The smallest absolute Gasteiger partial charge is 0.0727 e. The van der Waals surface area contributed by atoms with E-state index in [9.17, 15) is 0 Å². The fourth-order valence-corrected chi connectivity index (χ4v) is 0.578. The fraction of sp³-hybridized carbons (Fsp3) is 0.556. The first-order valence-corrected chi connectivity index (χ1v) is 3.69. The highest BCUT2D eigenvalue weighted by Gasteiger charge is 1.89. The third-order valence-electron chi connectivity index (χ3n) is 1.42. The van der Waals surface area contributed by atoms with Crippen molar-refractivity contribution in [3.05, 3.63) is 23.8 Å². The van der Waals surface area contributed by atoms with E-state index in [0.29, 0.717) is 0 Å². The molecule has 0 aromatic heterocycles. The van der Waals surface area contributed by atoms with Crippen LogP contribution in [-0.2, 0) is 4.74 Å². The molecule has 0 spiro atoms. The molecule has 1 atom stereocenters. The Morgan fingerprint density at radius 2 is 2.27 bits per heavy atom. The molecule has 2 nitrogen and oxygen atoms in total. The van der Waals surface area contributed by atoms with Crippen LogP contribution in [0.4, 0.5) is 0 Å². The van der Waals surface area contributed by atoms with Crippen LogP contribution in [0.2, 0.25) is 0 Å². The van der Waals surface area contributed by atoms with Crippen LogP contribution in [0.1, 0.15) is 13.8 Å². The normalized spacial score (nSPS) is 15.8. The number of methoxy groups -OCH3 is 1. The van der Waals surface area contributed by atoms with Gasteiger partial charge in [0.1, 0.15) is 0 Å². The number of aliphatic hydroxyl groups is 1. The molecule has 0 aromatic rings. The summed E-state index contributed by atoms with van der Waals surface area (Å²) in [6, 6.07) is 0. The highest BCUT2D eigenvalue weighted by molar-refractivity contribution is 5.16. The fourth-order valence-electron chi connectivity index (χ4n) is 0.578. The van der Waals surface area contributed by atoms with E-state index in [1.807, 2.05) is 26.0 Å². The number of allylic oxidation sites excluding steroid dienone is 2. The first-order chi connectivity index (χ1) is 5.20. The van der Waals surface area contributed by atoms with E-state index in [0.717, 1.165) is 5.57 Å². The number of ether oxygens (including phenoxy) is 1. The van der Waals surface area contributed by atoms with Crippen molar-refractivity contribution in [3.63, 3.8) is 0 Å². The molecule has 0 aliphatic heterocycles. The molecule has 0 aromatic carbocycles. The maximum atomic E-state index is 8.52. The summed E-state index contributed by atoms with van der Waals surface area (Å²) in [6.45, 7) is 4.00. The number of aliphatic hydroxyl groups excluding tert-OH is 1. The van der Waals surface area contributed by atoms with E-state index < -0.39 is 0 Å². The van der Waals surface area contributed by atoms with Gasteiger partial charge < -0.3 is 9.84 Å². The van der Waals surface area contributed by atoms with Gasteiger partial charge in [0, 0.05) is 7.11 Å². The molecule has 0 aliphatic carbocycles. The SMILES string of the molecule is COC(C)/C=C\C(C)=C/CO. The van der Waals surface area contributed by atoms with Gasteiger partial charge in [-0.3, -0.25) is 0 Å². The molecule has 64 valence electrons. The summed E-state index contributed by atoms with van der Waals surface area (Å²) in [5, 5.41) is 8.52. The maximum absolute atomic E-state index is 8.52. The third-order valence-corrected chi connectivity index (χ3v) is 1.42. The van der Waals surface area contributed by atoms with E-state index in [-0.39, 0.29) is 12.7 Å². The van der Waals surface area contributed by atoms with Crippen LogP contribution in [0, 0.1) is 0 Å². The lowest BCUT2D eigenvalue weighted by atomic mass is 10.2. The van der Waals surface area contributed by atoms with Crippen molar-refractivity contribution in [3.8, 4) is 0 Å². The van der Waals surface area contributed by atoms with Crippen LogP contribution < -0.4 is 0 Å². The third kappa shape index (κ3) is 5.83. The van der Waals surface area contributed by atoms with Crippen molar-refractivity contribution >= 4 is 0 Å². The minimum Gasteiger partial charge on any atom is -0.392 e. The molecule has 1 N–H and O–H groups in total. The topological polar surface area (TPSA) is 29.5 Å². The van der Waals surface area contributed by atoms with Gasteiger partial charge in [-0.05, 0) is 13.8 Å². The van der Waals surface area contributed by atoms with Crippen LogP contribution in [0.5, 0.6) is 0 Å². The molecule has 0 saturated carbocycles. The Hall–Kier alpha value is -0.600. The molecule has 0 fully saturated rings. The predicted octanol–water partition coefficient (Wildman–Crippen LogP) is 1.52. The summed E-state index contributed by atoms with van der Waals surface area (Å²) in [5.74, 6) is 0. The summed E-state index contributed by atoms with van der Waals surface area (Å²) in [4.78, 5) is 0. The number of hydrogen-bond donors (Lipinski definition) is 1. The van der Waals surface area contributed by atoms with Crippen molar-refractivity contribution in [1.82, 2.24) is 0 Å². The first-order valence-electron chi connectivity index (χ1n) is 3.69. The van der Waals surface area contributed by atoms with Crippen molar-refractivity contribution < 1.29 is 9.84 Å². The molecule has 0 aliphatic rings. The van der Waals surface area contributed by atoms with Gasteiger partial charge in [-0.15, -0.1) is 0 Å². The van der Waals surface area contributed by atoms with Gasteiger partial charge in [0.25, 0.3) is 0 Å². The lowest BCUT2D eigenvalue weighted by Crippen LogP contribution is -1.98. The van der Waals surface area contributed by atoms with E-state index in [4.69, 9.17) is 9.84 Å². The Labute approximate surface area is 68.2 Å². The standard InChI is InChI=1S/C9H16O2/c1-8(6-7-10)4-5-9(2)11-3/h4-6,9-10H,7H2,1-3H3/b5-4-,8-6-. The Morgan fingerprint density at radius 1 is 1.64 bits per heavy atom. The summed E-state index contributed by atoms with van der Waals surface area (Å²) in [5.41, 5.74) is 1.05. The second-order valence-corrected chi connectivity index (χ2v) is 2.43. The quantitative estimate of drug-likeness (QED) is 0.625. The Kier molecular flexibility index (Phi) is 5.80. The maximum Gasteiger partial charge on any atom is 0.0727 e. The highest BCUT2D eigenvalue weighted by Crippen LogP contribution is 1.97. The molecule has 2 heteroatoms. The summed E-state index contributed by atoms with van der Waals surface area (Å²) in [6.07, 6.45) is 5.77. The molecule has 0 rings (SSSR count). The van der Waals surface area contributed by atoms with Gasteiger partial charge in [0.15, 0.2) is 0 Å². The zero-order valence-corrected chi connectivity index (χ0v) is 7.37. The van der Waals surface area contributed by atoms with Crippen molar-refractivity contribution in [2.45, 2.75) is 20.0 Å². The minimum atomic E-state index is 0.0948. The zero-order chi connectivity index (χ0) is 8.69. The van der Waals surface area contributed by atoms with Crippen LogP contribution in [-0.4, -0.2) is 24.9 Å². The summed E-state index contributed by atoms with van der Waals surface area (Å²) >= 11 is 0. The highest BCUT2D eigenvalue weighted by atomic mass is 16.5. The zero-order valence-electron chi connectivity index (χ0n) is 7.37. The monoisotopic (exact) mass is 156 g/mol. The molecule has 0 amide bonds. The van der Waals surface area contributed by atoms with Gasteiger partial charge in [-0.2, -0.15) is 0 Å². The van der Waals surface area contributed by atoms with E-state index in [2.05, 4.69) is 0 Å². The average molecular weight is 156 g/mol. The van der Waals surface area contributed by atoms with Crippen molar-refractivity contribution in [2.75, 3.05) is 13.7 Å². The molecule has 0 heterocycles. The van der Waals surface area contributed by atoms with Gasteiger partial charge in [-0.25, -0.2) is 0 Å². The minimum absolute atomic E-state index is 0.0948. The van der Waals surface area contributed by atoms with Crippen molar-refractivity contribution in [1.29, 1.82) is 0 Å². The summed E-state index contributed by atoms with van der Waals surface area (Å²) < 4.78 is 5.00. The van der Waals surface area contributed by atoms with Crippen LogP contribution in [0.3, 0.4) is 0 Å². The van der Waals surface area contributed by atoms with Gasteiger partial charge in [0.05, 0.1) is 12.7 Å². The second-order valence-electron chi connectivity index (χ2n) is 2.43. The molecule has 0 radical (unpaired) electrons. The second kappa shape index (κ2) is 6.13. The van der Waals surface area contributed by atoms with E-state index in [1.54, 1.807) is 13.2 Å². The van der Waals surface area contributed by atoms with Crippen LogP contribution in [0.25, 0.3) is 0 Å². The lowest BCUT2D eigenvalue weighted by Gasteiger charge is -2.00. The van der Waals surface area contributed by atoms with Gasteiger partial charge in [0.2, 0.25) is 0 Å². The van der Waals surface area contributed by atoms with E-state index >= 15 is 0 Å². The van der Waals surface area contributed by atoms with Gasteiger partial charge >= 0.3 is 0 Å². The molecular weight excluding hydrogens is 140 g/mol. The van der Waals surface area contributed by atoms with Crippen molar-refractivity contribution in [2.24, 2.45) is 0 Å². The molecule has 0 bridgehead atoms. The molecule has 1 unspecified atom stereocenters. The summed E-state index contributed by atoms with van der Waals surface area (Å²) in [7, 11) is 1.67. The van der Waals surface area contributed by atoms with Crippen LogP contribution in [0.15, 0.2) is 23.8 Å². The molecule has 0 saturated heterocycles. The predicted molar refractivity (Wildman–Crippen MR) is 46.5 cm³/mol. The number of hydrogen-bond acceptors (Lipinski definition) is 2.